The van der Waals surface area contributed by atoms with Crippen molar-refractivity contribution >= 4 is 40.5 Å². The third-order valence-electron chi connectivity index (χ3n) is 4.37. The SMILES string of the molecule is Cc1ccc(NC(=O)C2CC(=O)N(c3ccc(F)c([N+](=O)[O-])c3)C2)cc1Cl. The molecule has 0 spiro atoms. The number of benzene rings is 2. The first kappa shape index (κ1) is 18.8. The fraction of sp³-hybridized carbons (Fsp3) is 0.222. The van der Waals surface area contributed by atoms with Gasteiger partial charge in [0.25, 0.3) is 0 Å². The number of nitro groups is 1. The summed E-state index contributed by atoms with van der Waals surface area (Å²) in [6, 6.07) is 8.29. The van der Waals surface area contributed by atoms with Crippen molar-refractivity contribution in [3.8, 4) is 0 Å². The van der Waals surface area contributed by atoms with Gasteiger partial charge in [0.2, 0.25) is 17.6 Å². The molecule has 0 radical (unpaired) electrons. The number of aryl methyl sites for hydroxylation is 1. The van der Waals surface area contributed by atoms with Crippen LogP contribution in [0.2, 0.25) is 5.02 Å². The Labute approximate surface area is 158 Å². The van der Waals surface area contributed by atoms with Gasteiger partial charge in [-0.3, -0.25) is 19.7 Å². The molecule has 1 aliphatic rings. The van der Waals surface area contributed by atoms with Crippen LogP contribution < -0.4 is 10.2 Å². The summed E-state index contributed by atoms with van der Waals surface area (Å²) in [6.07, 6.45) is -0.0450. The van der Waals surface area contributed by atoms with Crippen LogP contribution in [-0.2, 0) is 9.59 Å². The van der Waals surface area contributed by atoms with E-state index in [2.05, 4.69) is 5.32 Å². The van der Waals surface area contributed by atoms with Gasteiger partial charge >= 0.3 is 5.69 Å². The second kappa shape index (κ2) is 7.32. The number of nitrogens with one attached hydrogen (secondary N) is 1. The second-order valence-corrected chi connectivity index (χ2v) is 6.66. The lowest BCUT2D eigenvalue weighted by atomic mass is 10.1. The van der Waals surface area contributed by atoms with Gasteiger partial charge in [0.15, 0.2) is 0 Å². The molecule has 1 atom stereocenters. The summed E-state index contributed by atoms with van der Waals surface area (Å²) in [4.78, 5) is 36.0. The molecule has 140 valence electrons. The summed E-state index contributed by atoms with van der Waals surface area (Å²) in [5.74, 6) is -2.34. The zero-order valence-corrected chi connectivity index (χ0v) is 15.0. The molecule has 9 heteroatoms. The number of nitrogens with zero attached hydrogens (tertiary/aromatic N) is 2. The Morgan fingerprint density at radius 3 is 2.74 bits per heavy atom. The van der Waals surface area contributed by atoms with Crippen molar-refractivity contribution in [2.45, 2.75) is 13.3 Å². The van der Waals surface area contributed by atoms with Gasteiger partial charge in [-0.25, -0.2) is 0 Å². The highest BCUT2D eigenvalue weighted by Gasteiger charge is 2.36. The number of amides is 2. The van der Waals surface area contributed by atoms with Gasteiger partial charge in [-0.15, -0.1) is 0 Å². The van der Waals surface area contributed by atoms with E-state index in [1.54, 1.807) is 18.2 Å². The molecule has 1 unspecified atom stereocenters. The Balaban J connectivity index is 1.75. The third kappa shape index (κ3) is 3.90. The Morgan fingerprint density at radius 2 is 2.07 bits per heavy atom. The van der Waals surface area contributed by atoms with Crippen LogP contribution >= 0.6 is 11.6 Å². The average Bonchev–Trinajstić information content (AvgIpc) is 3.00. The van der Waals surface area contributed by atoms with Crippen LogP contribution in [0.5, 0.6) is 0 Å². The Bertz CT molecular complexity index is 950. The van der Waals surface area contributed by atoms with Crippen LogP contribution in [0.3, 0.4) is 0 Å². The van der Waals surface area contributed by atoms with Crippen molar-refractivity contribution in [2.24, 2.45) is 5.92 Å². The fourth-order valence-electron chi connectivity index (χ4n) is 2.86. The van der Waals surface area contributed by atoms with E-state index < -0.39 is 22.3 Å². The molecule has 1 fully saturated rings. The molecule has 0 bridgehead atoms. The van der Waals surface area contributed by atoms with Gasteiger partial charge < -0.3 is 10.2 Å². The second-order valence-electron chi connectivity index (χ2n) is 6.25. The highest BCUT2D eigenvalue weighted by molar-refractivity contribution is 6.31. The number of hydrogen-bond acceptors (Lipinski definition) is 4. The molecular formula is C18H15ClFN3O4. The highest BCUT2D eigenvalue weighted by atomic mass is 35.5. The number of carbonyl (C=O) groups is 2. The number of hydrogen-bond donors (Lipinski definition) is 1. The molecule has 1 heterocycles. The Kier molecular flexibility index (Phi) is 5.09. The van der Waals surface area contributed by atoms with Crippen LogP contribution in [0.1, 0.15) is 12.0 Å². The number of anilines is 2. The number of carbonyl (C=O) groups excluding carboxylic acids is 2. The van der Waals surface area contributed by atoms with Crippen LogP contribution in [0.25, 0.3) is 0 Å². The quantitative estimate of drug-likeness (QED) is 0.635. The van der Waals surface area contributed by atoms with Crippen molar-refractivity contribution in [1.29, 1.82) is 0 Å². The molecule has 3 rings (SSSR count). The monoisotopic (exact) mass is 391 g/mol. The summed E-state index contributed by atoms with van der Waals surface area (Å²) >= 11 is 6.04. The zero-order valence-electron chi connectivity index (χ0n) is 14.2. The lowest BCUT2D eigenvalue weighted by molar-refractivity contribution is -0.387. The smallest absolute Gasteiger partial charge is 0.306 e. The van der Waals surface area contributed by atoms with E-state index >= 15 is 0 Å². The first-order valence-electron chi connectivity index (χ1n) is 8.07. The predicted molar refractivity (Wildman–Crippen MR) is 98.3 cm³/mol. The summed E-state index contributed by atoms with van der Waals surface area (Å²) in [6.45, 7) is 1.89. The van der Waals surface area contributed by atoms with Gasteiger partial charge in [0.05, 0.1) is 16.5 Å². The zero-order chi connectivity index (χ0) is 19.7. The van der Waals surface area contributed by atoms with Gasteiger partial charge in [-0.2, -0.15) is 4.39 Å². The van der Waals surface area contributed by atoms with Crippen molar-refractivity contribution in [1.82, 2.24) is 0 Å². The highest BCUT2D eigenvalue weighted by Crippen LogP contribution is 2.30. The minimum absolute atomic E-state index is 0.0450. The fourth-order valence-corrected chi connectivity index (χ4v) is 3.04. The predicted octanol–water partition coefficient (Wildman–Crippen LogP) is 3.69. The van der Waals surface area contributed by atoms with E-state index in [1.807, 2.05) is 6.92 Å². The lowest BCUT2D eigenvalue weighted by Crippen LogP contribution is -2.28. The molecule has 1 aliphatic heterocycles. The van der Waals surface area contributed by atoms with Crippen molar-refractivity contribution in [3.05, 3.63) is 62.9 Å². The molecule has 2 amide bonds. The Hall–Kier alpha value is -3.00. The molecule has 1 N–H and O–H groups in total. The molecule has 0 saturated carbocycles. The standard InChI is InChI=1S/C18H15ClFN3O4/c1-10-2-3-12(7-14(10)19)21-18(25)11-6-17(24)22(9-11)13-4-5-15(20)16(8-13)23(26)27/h2-5,7-8,11H,6,9H2,1H3,(H,21,25). The lowest BCUT2D eigenvalue weighted by Gasteiger charge is -2.16. The van der Waals surface area contributed by atoms with Crippen molar-refractivity contribution < 1.29 is 18.9 Å². The topological polar surface area (TPSA) is 92.6 Å². The van der Waals surface area contributed by atoms with Crippen molar-refractivity contribution in [2.75, 3.05) is 16.8 Å². The van der Waals surface area contributed by atoms with Crippen LogP contribution in [0.15, 0.2) is 36.4 Å². The first-order chi connectivity index (χ1) is 12.8. The molecule has 7 nitrogen and oxygen atoms in total. The maximum Gasteiger partial charge on any atom is 0.306 e. The van der Waals surface area contributed by atoms with Crippen LogP contribution in [0.4, 0.5) is 21.5 Å². The summed E-state index contributed by atoms with van der Waals surface area (Å²) < 4.78 is 13.5. The number of nitro benzene ring substituents is 1. The van der Waals surface area contributed by atoms with Gasteiger partial charge in [0, 0.05) is 29.7 Å². The number of halogens is 2. The molecular weight excluding hydrogens is 377 g/mol. The van der Waals surface area contributed by atoms with Crippen LogP contribution in [-0.4, -0.2) is 23.3 Å². The molecule has 1 saturated heterocycles. The van der Waals surface area contributed by atoms with E-state index in [4.69, 9.17) is 11.6 Å². The molecule has 27 heavy (non-hydrogen) atoms. The maximum absolute atomic E-state index is 13.5. The van der Waals surface area contributed by atoms with Gasteiger partial charge in [-0.1, -0.05) is 17.7 Å². The van der Waals surface area contributed by atoms with Crippen LogP contribution in [0, 0.1) is 28.8 Å². The normalized spacial score (nSPS) is 16.5. The number of rotatable bonds is 4. The largest absolute Gasteiger partial charge is 0.326 e. The molecule has 0 aromatic heterocycles. The minimum atomic E-state index is -0.985. The van der Waals surface area contributed by atoms with E-state index in [1.165, 1.54) is 11.0 Å². The van der Waals surface area contributed by atoms with E-state index in [0.717, 1.165) is 17.7 Å². The van der Waals surface area contributed by atoms with Crippen molar-refractivity contribution in [3.63, 3.8) is 0 Å². The first-order valence-corrected chi connectivity index (χ1v) is 8.45. The third-order valence-corrected chi connectivity index (χ3v) is 4.78. The average molecular weight is 392 g/mol. The van der Waals surface area contributed by atoms with E-state index in [9.17, 15) is 24.1 Å². The molecule has 2 aromatic rings. The summed E-state index contributed by atoms with van der Waals surface area (Å²) in [7, 11) is 0. The summed E-state index contributed by atoms with van der Waals surface area (Å²) in [5.41, 5.74) is 0.845. The molecule has 0 aliphatic carbocycles. The van der Waals surface area contributed by atoms with E-state index in [-0.39, 0.29) is 30.5 Å². The minimum Gasteiger partial charge on any atom is -0.326 e. The maximum atomic E-state index is 13.5. The van der Waals surface area contributed by atoms with Gasteiger partial charge in [0.1, 0.15) is 0 Å². The Morgan fingerprint density at radius 1 is 1.33 bits per heavy atom. The van der Waals surface area contributed by atoms with E-state index in [0.29, 0.717) is 10.7 Å². The molecule has 2 aromatic carbocycles. The van der Waals surface area contributed by atoms with Gasteiger partial charge in [-0.05, 0) is 36.8 Å². The summed E-state index contributed by atoms with van der Waals surface area (Å²) in [5, 5.41) is 14.1.